The predicted molar refractivity (Wildman–Crippen MR) is 104 cm³/mol. The van der Waals surface area contributed by atoms with E-state index in [0.717, 1.165) is 29.5 Å². The van der Waals surface area contributed by atoms with Gasteiger partial charge in [-0.1, -0.05) is 22.5 Å². The molecule has 4 rings (SSSR count). The Labute approximate surface area is 160 Å². The van der Waals surface area contributed by atoms with Crippen LogP contribution in [0.3, 0.4) is 0 Å². The van der Waals surface area contributed by atoms with Crippen molar-refractivity contribution in [3.63, 3.8) is 0 Å². The van der Waals surface area contributed by atoms with E-state index in [-0.39, 0.29) is 17.9 Å². The van der Waals surface area contributed by atoms with Crippen LogP contribution in [0.25, 0.3) is 10.9 Å². The molecule has 1 aromatic carbocycles. The van der Waals surface area contributed by atoms with Gasteiger partial charge in [-0.2, -0.15) is 0 Å². The molecule has 1 saturated heterocycles. The van der Waals surface area contributed by atoms with E-state index in [1.807, 2.05) is 6.07 Å². The fourth-order valence-corrected chi connectivity index (χ4v) is 4.19. The topological polar surface area (TPSA) is 66.4 Å². The van der Waals surface area contributed by atoms with Crippen molar-refractivity contribution in [3.05, 3.63) is 46.6 Å². The van der Waals surface area contributed by atoms with Crippen LogP contribution in [0.2, 0.25) is 0 Å². The summed E-state index contributed by atoms with van der Waals surface area (Å²) in [7, 11) is 0. The van der Waals surface area contributed by atoms with E-state index in [0.29, 0.717) is 19.6 Å². The summed E-state index contributed by atoms with van der Waals surface area (Å²) < 4.78 is 3.17. The maximum Gasteiger partial charge on any atom is 0.246 e. The van der Waals surface area contributed by atoms with Gasteiger partial charge in [-0.15, -0.1) is 0 Å². The number of amides is 2. The molecule has 7 heteroatoms. The van der Waals surface area contributed by atoms with Crippen LogP contribution in [-0.4, -0.2) is 47.0 Å². The Kier molecular flexibility index (Phi) is 4.58. The Balaban J connectivity index is 1.51. The van der Waals surface area contributed by atoms with Gasteiger partial charge in [0.1, 0.15) is 6.54 Å². The molecule has 2 aliphatic rings. The second kappa shape index (κ2) is 6.89. The summed E-state index contributed by atoms with van der Waals surface area (Å²) in [6.07, 6.45) is 2.28. The lowest BCUT2D eigenvalue weighted by atomic mass is 10.1. The largest absolute Gasteiger partial charge is 0.348 e. The van der Waals surface area contributed by atoms with Gasteiger partial charge in [0, 0.05) is 40.7 Å². The van der Waals surface area contributed by atoms with Gasteiger partial charge < -0.3 is 20.1 Å². The van der Waals surface area contributed by atoms with Gasteiger partial charge >= 0.3 is 0 Å². The predicted octanol–water partition coefficient (Wildman–Crippen LogP) is 1.56. The van der Waals surface area contributed by atoms with E-state index in [4.69, 9.17) is 0 Å². The highest BCUT2D eigenvalue weighted by Crippen LogP contribution is 2.31. The number of carbonyl (C=O) groups excluding carboxylic acids is 2. The van der Waals surface area contributed by atoms with Crippen molar-refractivity contribution in [3.8, 4) is 0 Å². The number of nitrogens with one attached hydrogen (secondary N) is 2. The zero-order valence-electron chi connectivity index (χ0n) is 14.4. The second-order valence-electron chi connectivity index (χ2n) is 6.81. The minimum Gasteiger partial charge on any atom is -0.348 e. The summed E-state index contributed by atoms with van der Waals surface area (Å²) in [5.74, 6) is -0.105. The third kappa shape index (κ3) is 3.05. The van der Waals surface area contributed by atoms with Crippen molar-refractivity contribution >= 4 is 38.6 Å². The normalized spacial score (nSPS) is 16.9. The van der Waals surface area contributed by atoms with Crippen LogP contribution in [-0.2, 0) is 29.1 Å². The third-order valence-electron chi connectivity index (χ3n) is 5.13. The molecule has 0 spiro atoms. The van der Waals surface area contributed by atoms with E-state index in [1.165, 1.54) is 22.7 Å². The molecule has 3 heterocycles. The number of hydrogen-bond acceptors (Lipinski definition) is 3. The summed E-state index contributed by atoms with van der Waals surface area (Å²) in [4.78, 5) is 25.7. The van der Waals surface area contributed by atoms with Crippen molar-refractivity contribution in [2.75, 3.05) is 19.6 Å². The van der Waals surface area contributed by atoms with Crippen LogP contribution in [0.15, 0.2) is 35.3 Å². The molecule has 136 valence electrons. The van der Waals surface area contributed by atoms with Crippen molar-refractivity contribution in [2.45, 2.75) is 25.6 Å². The number of carbonyl (C=O) groups is 2. The van der Waals surface area contributed by atoms with Crippen LogP contribution in [0.4, 0.5) is 0 Å². The van der Waals surface area contributed by atoms with Crippen molar-refractivity contribution in [1.29, 1.82) is 0 Å². The number of rotatable bonds is 4. The monoisotopic (exact) mass is 416 g/mol. The van der Waals surface area contributed by atoms with Crippen molar-refractivity contribution < 1.29 is 9.59 Å². The Morgan fingerprint density at radius 1 is 1.38 bits per heavy atom. The van der Waals surface area contributed by atoms with Crippen LogP contribution >= 0.6 is 15.9 Å². The molecule has 2 amide bonds. The van der Waals surface area contributed by atoms with Crippen LogP contribution < -0.4 is 10.6 Å². The van der Waals surface area contributed by atoms with Crippen molar-refractivity contribution in [2.24, 2.45) is 0 Å². The Bertz CT molecular complexity index is 899. The summed E-state index contributed by atoms with van der Waals surface area (Å²) in [5, 5.41) is 7.65. The number of halogens is 1. The summed E-state index contributed by atoms with van der Waals surface area (Å²) in [6, 6.07) is 6.24. The quantitative estimate of drug-likeness (QED) is 0.743. The fourth-order valence-electron chi connectivity index (χ4n) is 3.83. The SMILES string of the molecule is C=CC(=O)N1CC(NC(=O)Cn2c3c(c4cc(Br)ccc42)CCNC3)C1. The summed E-state index contributed by atoms with van der Waals surface area (Å²) in [6.45, 7) is 6.62. The van der Waals surface area contributed by atoms with E-state index < -0.39 is 0 Å². The fraction of sp³-hybridized carbons (Fsp3) is 0.368. The summed E-state index contributed by atoms with van der Waals surface area (Å²) >= 11 is 3.55. The molecular formula is C19H21BrN4O2. The number of fused-ring (bicyclic) bond motifs is 3. The first-order valence-corrected chi connectivity index (χ1v) is 9.57. The van der Waals surface area contributed by atoms with E-state index in [9.17, 15) is 9.59 Å². The maximum absolute atomic E-state index is 12.6. The van der Waals surface area contributed by atoms with Gasteiger partial charge in [-0.05, 0) is 42.8 Å². The number of aromatic nitrogens is 1. The first kappa shape index (κ1) is 17.3. The Morgan fingerprint density at radius 2 is 2.19 bits per heavy atom. The first-order chi connectivity index (χ1) is 12.6. The Morgan fingerprint density at radius 3 is 2.96 bits per heavy atom. The Hall–Kier alpha value is -2.12. The molecule has 1 aromatic heterocycles. The molecule has 2 aliphatic heterocycles. The minimum atomic E-state index is -0.0855. The van der Waals surface area contributed by atoms with Crippen LogP contribution in [0.5, 0.6) is 0 Å². The van der Waals surface area contributed by atoms with Crippen LogP contribution in [0.1, 0.15) is 11.3 Å². The second-order valence-corrected chi connectivity index (χ2v) is 7.73. The molecule has 26 heavy (non-hydrogen) atoms. The molecule has 0 bridgehead atoms. The average molecular weight is 417 g/mol. The smallest absolute Gasteiger partial charge is 0.246 e. The lowest BCUT2D eigenvalue weighted by Gasteiger charge is -2.39. The molecule has 0 radical (unpaired) electrons. The van der Waals surface area contributed by atoms with Crippen molar-refractivity contribution in [1.82, 2.24) is 20.1 Å². The molecule has 2 N–H and O–H groups in total. The zero-order valence-corrected chi connectivity index (χ0v) is 16.0. The number of nitrogens with zero attached hydrogens (tertiary/aromatic N) is 2. The van der Waals surface area contributed by atoms with Gasteiger partial charge in [-0.3, -0.25) is 9.59 Å². The van der Waals surface area contributed by atoms with E-state index in [2.05, 4.69) is 49.8 Å². The third-order valence-corrected chi connectivity index (χ3v) is 5.62. The highest BCUT2D eigenvalue weighted by molar-refractivity contribution is 9.10. The molecular weight excluding hydrogens is 396 g/mol. The number of likely N-dealkylation sites (tertiary alicyclic amines) is 1. The molecule has 6 nitrogen and oxygen atoms in total. The van der Waals surface area contributed by atoms with E-state index >= 15 is 0 Å². The zero-order chi connectivity index (χ0) is 18.3. The van der Waals surface area contributed by atoms with Gasteiger partial charge in [0.25, 0.3) is 0 Å². The molecule has 0 unspecified atom stereocenters. The standard InChI is InChI=1S/C19H21BrN4O2/c1-2-19(26)23-9-13(10-23)22-18(25)11-24-16-4-3-12(20)7-15(16)14-5-6-21-8-17(14)24/h2-4,7,13,21H,1,5-6,8-11H2,(H,22,25). The number of hydrogen-bond donors (Lipinski definition) is 2. The van der Waals surface area contributed by atoms with Gasteiger partial charge in [0.05, 0.1) is 6.04 Å². The molecule has 2 aromatic rings. The highest BCUT2D eigenvalue weighted by Gasteiger charge is 2.30. The molecule has 0 aliphatic carbocycles. The van der Waals surface area contributed by atoms with Gasteiger partial charge in [0.2, 0.25) is 11.8 Å². The number of benzene rings is 1. The highest BCUT2D eigenvalue weighted by atomic mass is 79.9. The first-order valence-electron chi connectivity index (χ1n) is 8.77. The molecule has 0 atom stereocenters. The van der Waals surface area contributed by atoms with Gasteiger partial charge in [-0.25, -0.2) is 0 Å². The lowest BCUT2D eigenvalue weighted by molar-refractivity contribution is -0.133. The maximum atomic E-state index is 12.6. The van der Waals surface area contributed by atoms with Crippen LogP contribution in [0, 0.1) is 0 Å². The molecule has 1 fully saturated rings. The molecule has 0 saturated carbocycles. The summed E-state index contributed by atoms with van der Waals surface area (Å²) in [5.41, 5.74) is 3.62. The van der Waals surface area contributed by atoms with Gasteiger partial charge in [0.15, 0.2) is 0 Å². The van der Waals surface area contributed by atoms with E-state index in [1.54, 1.807) is 4.90 Å². The lowest BCUT2D eigenvalue weighted by Crippen LogP contribution is -2.61. The average Bonchev–Trinajstić information content (AvgIpc) is 2.90. The minimum absolute atomic E-state index is 0.0195.